The topological polar surface area (TPSA) is 29.1 Å². The summed E-state index contributed by atoms with van der Waals surface area (Å²) in [6.45, 7) is 0.328. The third-order valence-electron chi connectivity index (χ3n) is 2.33. The van der Waals surface area contributed by atoms with E-state index in [1.165, 1.54) is 18.4 Å². The van der Waals surface area contributed by atoms with Crippen LogP contribution in [0.25, 0.3) is 0 Å². The van der Waals surface area contributed by atoms with Crippen molar-refractivity contribution in [3.05, 3.63) is 11.6 Å². The molecule has 0 fully saturated rings. The lowest BCUT2D eigenvalue weighted by Crippen LogP contribution is -2.30. The molecule has 0 unspecified atom stereocenters. The molecule has 4 heteroatoms. The third-order valence-corrected chi connectivity index (χ3v) is 2.33. The monoisotopic (exact) mass is 203 g/mol. The zero-order chi connectivity index (χ0) is 10.4. The number of hydrogen-bond donors (Lipinski definition) is 1. The molecule has 0 aromatic carbocycles. The van der Waals surface area contributed by atoms with Crippen molar-refractivity contribution >= 4 is 5.91 Å². The second-order valence-corrected chi connectivity index (χ2v) is 3.45. The maximum atomic E-state index is 11.8. The number of halogens is 2. The minimum Gasteiger partial charge on any atom is -0.351 e. The second-order valence-electron chi connectivity index (χ2n) is 3.45. The Balaban J connectivity index is 2.14. The Morgan fingerprint density at radius 3 is 2.86 bits per heavy atom. The van der Waals surface area contributed by atoms with Gasteiger partial charge in [-0.15, -0.1) is 0 Å². The van der Waals surface area contributed by atoms with Gasteiger partial charge in [0, 0.05) is 6.54 Å². The number of carbonyl (C=O) groups is 1. The molecule has 0 saturated carbocycles. The van der Waals surface area contributed by atoms with Crippen molar-refractivity contribution < 1.29 is 13.6 Å². The highest BCUT2D eigenvalue weighted by Crippen LogP contribution is 2.19. The zero-order valence-electron chi connectivity index (χ0n) is 8.06. The van der Waals surface area contributed by atoms with Gasteiger partial charge in [0.1, 0.15) is 0 Å². The fourth-order valence-corrected chi connectivity index (χ4v) is 1.56. The van der Waals surface area contributed by atoms with Crippen LogP contribution in [0, 0.1) is 0 Å². The van der Waals surface area contributed by atoms with Crippen LogP contribution in [0.3, 0.4) is 0 Å². The van der Waals surface area contributed by atoms with Crippen LogP contribution in [0.5, 0.6) is 0 Å². The molecule has 0 saturated heterocycles. The van der Waals surface area contributed by atoms with Gasteiger partial charge in [0.25, 0.3) is 5.91 Å². The molecule has 0 spiro atoms. The van der Waals surface area contributed by atoms with E-state index in [1.807, 2.05) is 0 Å². The average Bonchev–Trinajstić information content (AvgIpc) is 2.19. The van der Waals surface area contributed by atoms with Crippen molar-refractivity contribution in [3.63, 3.8) is 0 Å². The summed E-state index contributed by atoms with van der Waals surface area (Å²) < 4.78 is 23.5. The lowest BCUT2D eigenvalue weighted by atomic mass is 9.97. The van der Waals surface area contributed by atoms with Crippen LogP contribution in [0.15, 0.2) is 11.6 Å². The smallest absolute Gasteiger partial charge is 0.315 e. The van der Waals surface area contributed by atoms with Gasteiger partial charge in [-0.25, -0.2) is 0 Å². The van der Waals surface area contributed by atoms with Crippen LogP contribution in [-0.2, 0) is 4.79 Å². The van der Waals surface area contributed by atoms with E-state index in [0.717, 1.165) is 12.8 Å². The predicted octanol–water partition coefficient (Wildman–Crippen LogP) is 2.26. The van der Waals surface area contributed by atoms with E-state index < -0.39 is 12.3 Å². The molecule has 1 aliphatic carbocycles. The van der Waals surface area contributed by atoms with Crippen molar-refractivity contribution in [3.8, 4) is 0 Å². The molecule has 0 aromatic heterocycles. The molecule has 0 heterocycles. The first-order valence-corrected chi connectivity index (χ1v) is 4.94. The zero-order valence-corrected chi connectivity index (χ0v) is 8.06. The molecule has 0 bridgehead atoms. The van der Waals surface area contributed by atoms with Crippen molar-refractivity contribution in [2.45, 2.75) is 38.5 Å². The standard InChI is InChI=1S/C10H15F2NO/c11-9(12)10(14)13-7-6-8-4-2-1-3-5-8/h4,9H,1-3,5-7H2,(H,13,14). The van der Waals surface area contributed by atoms with Gasteiger partial charge in [0.05, 0.1) is 0 Å². The van der Waals surface area contributed by atoms with Gasteiger partial charge in [-0.2, -0.15) is 8.78 Å². The maximum absolute atomic E-state index is 11.8. The van der Waals surface area contributed by atoms with Crippen LogP contribution in [0.2, 0.25) is 0 Å². The Morgan fingerprint density at radius 2 is 2.29 bits per heavy atom. The van der Waals surface area contributed by atoms with E-state index in [2.05, 4.69) is 11.4 Å². The summed E-state index contributed by atoms with van der Waals surface area (Å²) in [5.41, 5.74) is 1.28. The molecule has 1 N–H and O–H groups in total. The van der Waals surface area contributed by atoms with E-state index in [-0.39, 0.29) is 0 Å². The first kappa shape index (κ1) is 11.1. The first-order valence-electron chi connectivity index (χ1n) is 4.94. The maximum Gasteiger partial charge on any atom is 0.315 e. The van der Waals surface area contributed by atoms with Crippen molar-refractivity contribution in [1.82, 2.24) is 5.32 Å². The van der Waals surface area contributed by atoms with E-state index in [4.69, 9.17) is 0 Å². The van der Waals surface area contributed by atoms with Gasteiger partial charge in [-0.05, 0) is 32.1 Å². The van der Waals surface area contributed by atoms with E-state index in [9.17, 15) is 13.6 Å². The van der Waals surface area contributed by atoms with Crippen molar-refractivity contribution in [1.29, 1.82) is 0 Å². The summed E-state index contributed by atoms with van der Waals surface area (Å²) in [5, 5.41) is 2.20. The summed E-state index contributed by atoms with van der Waals surface area (Å²) in [4.78, 5) is 10.5. The van der Waals surface area contributed by atoms with Gasteiger partial charge in [-0.3, -0.25) is 4.79 Å². The average molecular weight is 203 g/mol. The van der Waals surface area contributed by atoms with Gasteiger partial charge in [-0.1, -0.05) is 11.6 Å². The van der Waals surface area contributed by atoms with Gasteiger partial charge < -0.3 is 5.32 Å². The molecule has 2 nitrogen and oxygen atoms in total. The number of amides is 1. The number of rotatable bonds is 4. The summed E-state index contributed by atoms with van der Waals surface area (Å²) >= 11 is 0. The molecule has 1 amide bonds. The van der Waals surface area contributed by atoms with Gasteiger partial charge >= 0.3 is 6.43 Å². The minimum atomic E-state index is -2.89. The van der Waals surface area contributed by atoms with E-state index >= 15 is 0 Å². The fourth-order valence-electron chi connectivity index (χ4n) is 1.56. The van der Waals surface area contributed by atoms with Crippen LogP contribution >= 0.6 is 0 Å². The fraction of sp³-hybridized carbons (Fsp3) is 0.700. The van der Waals surface area contributed by atoms with Crippen LogP contribution < -0.4 is 5.32 Å². The molecule has 80 valence electrons. The molecule has 1 rings (SSSR count). The number of alkyl halides is 2. The molecular weight excluding hydrogens is 188 g/mol. The number of hydrogen-bond acceptors (Lipinski definition) is 1. The summed E-state index contributed by atoms with van der Waals surface area (Å²) in [7, 11) is 0. The Labute approximate surface area is 82.4 Å². The highest BCUT2D eigenvalue weighted by molar-refractivity contribution is 5.78. The highest BCUT2D eigenvalue weighted by atomic mass is 19.3. The first-order chi connectivity index (χ1) is 6.70. The predicted molar refractivity (Wildman–Crippen MR) is 50.2 cm³/mol. The summed E-state index contributed by atoms with van der Waals surface area (Å²) in [5.74, 6) is -1.17. The molecule has 0 radical (unpaired) electrons. The Kier molecular flexibility index (Phi) is 4.56. The highest BCUT2D eigenvalue weighted by Gasteiger charge is 2.13. The third kappa shape index (κ3) is 3.85. The number of allylic oxidation sites excluding steroid dienone is 1. The second kappa shape index (κ2) is 5.73. The molecular formula is C10H15F2NO. The molecule has 0 aliphatic heterocycles. The molecule has 0 aromatic rings. The lowest BCUT2D eigenvalue weighted by molar-refractivity contribution is -0.131. The van der Waals surface area contributed by atoms with Gasteiger partial charge in [0.15, 0.2) is 0 Å². The Morgan fingerprint density at radius 1 is 1.50 bits per heavy atom. The van der Waals surface area contributed by atoms with E-state index in [1.54, 1.807) is 0 Å². The molecule has 1 aliphatic rings. The Hall–Kier alpha value is -0.930. The largest absolute Gasteiger partial charge is 0.351 e. The van der Waals surface area contributed by atoms with Gasteiger partial charge in [0.2, 0.25) is 0 Å². The molecule has 14 heavy (non-hydrogen) atoms. The van der Waals surface area contributed by atoms with Crippen molar-refractivity contribution in [2.24, 2.45) is 0 Å². The van der Waals surface area contributed by atoms with E-state index in [0.29, 0.717) is 13.0 Å². The minimum absolute atomic E-state index is 0.328. The van der Waals surface area contributed by atoms with Crippen molar-refractivity contribution in [2.75, 3.05) is 6.54 Å². The summed E-state index contributed by atoms with van der Waals surface area (Å²) in [6.07, 6.45) is 4.48. The Bertz CT molecular complexity index is 226. The van der Waals surface area contributed by atoms with Crippen LogP contribution in [-0.4, -0.2) is 18.9 Å². The van der Waals surface area contributed by atoms with Crippen LogP contribution in [0.4, 0.5) is 8.78 Å². The normalized spacial score (nSPS) is 16.6. The lowest BCUT2D eigenvalue weighted by Gasteiger charge is -2.12. The summed E-state index contributed by atoms with van der Waals surface area (Å²) in [6, 6.07) is 0. The number of carbonyl (C=O) groups excluding carboxylic acids is 1. The quantitative estimate of drug-likeness (QED) is 0.698. The molecule has 0 atom stereocenters. The SMILES string of the molecule is O=C(NCCC1=CCCCC1)C(F)F. The number of nitrogens with one attached hydrogen (secondary N) is 1. The van der Waals surface area contributed by atoms with Crippen LogP contribution in [0.1, 0.15) is 32.1 Å².